The van der Waals surface area contributed by atoms with Crippen LogP contribution in [0.25, 0.3) is 0 Å². The first kappa shape index (κ1) is 18.1. The van der Waals surface area contributed by atoms with Crippen molar-refractivity contribution in [1.29, 1.82) is 0 Å². The number of hydrogen-bond donors (Lipinski definition) is 2. The third kappa shape index (κ3) is 4.15. The third-order valence-electron chi connectivity index (χ3n) is 4.21. The minimum atomic E-state index is -0.310. The van der Waals surface area contributed by atoms with Gasteiger partial charge in [-0.2, -0.15) is 0 Å². The second kappa shape index (κ2) is 8.14. The zero-order valence-corrected chi connectivity index (χ0v) is 15.6. The van der Waals surface area contributed by atoms with Gasteiger partial charge in [0.05, 0.1) is 0 Å². The van der Waals surface area contributed by atoms with Crippen LogP contribution in [0.3, 0.4) is 0 Å². The van der Waals surface area contributed by atoms with Crippen LogP contribution in [0.1, 0.15) is 21.6 Å². The molecule has 0 unspecified atom stereocenters. The van der Waals surface area contributed by atoms with Crippen LogP contribution in [0.15, 0.2) is 54.6 Å². The van der Waals surface area contributed by atoms with Gasteiger partial charge in [0.25, 0.3) is 5.91 Å². The average molecular weight is 397 g/mol. The van der Waals surface area contributed by atoms with Crippen molar-refractivity contribution >= 4 is 23.3 Å². The van der Waals surface area contributed by atoms with E-state index in [1.807, 2.05) is 36.4 Å². The van der Waals surface area contributed by atoms with Crippen LogP contribution < -0.4 is 20.1 Å². The first-order chi connectivity index (χ1) is 13.7. The number of fused-ring (bicyclic) bond motifs is 1. The van der Waals surface area contributed by atoms with Crippen LogP contribution in [0, 0.1) is 0 Å². The maximum absolute atomic E-state index is 12.2. The molecule has 1 aliphatic rings. The van der Waals surface area contributed by atoms with Gasteiger partial charge in [0, 0.05) is 18.1 Å². The highest BCUT2D eigenvalue weighted by Gasteiger charge is 2.13. The highest BCUT2D eigenvalue weighted by Crippen LogP contribution is 2.32. The second-order valence-corrected chi connectivity index (χ2v) is 6.53. The van der Waals surface area contributed by atoms with Crippen molar-refractivity contribution in [2.75, 3.05) is 12.1 Å². The van der Waals surface area contributed by atoms with Gasteiger partial charge in [0.1, 0.15) is 5.82 Å². The first-order valence-electron chi connectivity index (χ1n) is 8.67. The van der Waals surface area contributed by atoms with Gasteiger partial charge in [-0.15, -0.1) is 10.2 Å². The summed E-state index contributed by atoms with van der Waals surface area (Å²) in [5.41, 5.74) is 2.10. The summed E-state index contributed by atoms with van der Waals surface area (Å²) in [4.78, 5) is 12.2. The van der Waals surface area contributed by atoms with Crippen molar-refractivity contribution < 1.29 is 14.3 Å². The number of rotatable bonds is 6. The molecule has 1 aromatic heterocycles. The third-order valence-corrected chi connectivity index (χ3v) is 4.57. The molecule has 2 heterocycles. The van der Waals surface area contributed by atoms with E-state index in [0.717, 1.165) is 22.6 Å². The van der Waals surface area contributed by atoms with Crippen LogP contribution in [0.5, 0.6) is 11.5 Å². The number of nitrogens with zero attached hydrogens (tertiary/aromatic N) is 2. The molecule has 0 atom stereocenters. The minimum Gasteiger partial charge on any atom is -0.454 e. The molecule has 2 N–H and O–H groups in total. The van der Waals surface area contributed by atoms with Crippen molar-refractivity contribution in [1.82, 2.24) is 15.5 Å². The molecule has 8 heteroatoms. The van der Waals surface area contributed by atoms with E-state index in [0.29, 0.717) is 23.9 Å². The van der Waals surface area contributed by atoms with Gasteiger partial charge in [0.2, 0.25) is 6.79 Å². The number of benzene rings is 2. The zero-order valence-electron chi connectivity index (χ0n) is 14.8. The normalized spacial score (nSPS) is 11.9. The first-order valence-corrected chi connectivity index (χ1v) is 9.04. The predicted molar refractivity (Wildman–Crippen MR) is 105 cm³/mol. The smallest absolute Gasteiger partial charge is 0.272 e. The molecular formula is C20H17ClN4O3. The largest absolute Gasteiger partial charge is 0.454 e. The molecule has 2 aromatic carbocycles. The maximum atomic E-state index is 12.2. The Bertz CT molecular complexity index is 995. The van der Waals surface area contributed by atoms with Crippen LogP contribution >= 0.6 is 11.6 Å². The number of carbonyl (C=O) groups excluding carboxylic acids is 1. The molecule has 0 saturated carbocycles. The van der Waals surface area contributed by atoms with E-state index in [9.17, 15) is 4.79 Å². The molecule has 28 heavy (non-hydrogen) atoms. The fourth-order valence-electron chi connectivity index (χ4n) is 2.70. The van der Waals surface area contributed by atoms with Gasteiger partial charge in [-0.25, -0.2) is 0 Å². The minimum absolute atomic E-state index is 0.237. The van der Waals surface area contributed by atoms with Crippen molar-refractivity contribution in [3.05, 3.63) is 76.4 Å². The maximum Gasteiger partial charge on any atom is 0.272 e. The summed E-state index contributed by atoms with van der Waals surface area (Å²) in [5, 5.41) is 14.6. The van der Waals surface area contributed by atoms with Gasteiger partial charge >= 0.3 is 0 Å². The Kier molecular flexibility index (Phi) is 5.25. The topological polar surface area (TPSA) is 85.4 Å². The lowest BCUT2D eigenvalue weighted by atomic mass is 10.2. The van der Waals surface area contributed by atoms with E-state index in [1.54, 1.807) is 18.2 Å². The van der Waals surface area contributed by atoms with E-state index in [1.165, 1.54) is 0 Å². The molecular weight excluding hydrogens is 380 g/mol. The number of nitrogens with one attached hydrogen (secondary N) is 2. The number of carbonyl (C=O) groups is 1. The summed E-state index contributed by atoms with van der Waals surface area (Å²) in [6.07, 6.45) is 0. The summed E-state index contributed by atoms with van der Waals surface area (Å²) in [6, 6.07) is 16.4. The van der Waals surface area contributed by atoms with Crippen LogP contribution in [-0.2, 0) is 13.1 Å². The van der Waals surface area contributed by atoms with Gasteiger partial charge in [-0.3, -0.25) is 4.79 Å². The highest BCUT2D eigenvalue weighted by atomic mass is 35.5. The van der Waals surface area contributed by atoms with Crippen molar-refractivity contribution in [2.45, 2.75) is 13.1 Å². The number of aromatic nitrogens is 2. The van der Waals surface area contributed by atoms with Crippen LogP contribution in [0.2, 0.25) is 5.02 Å². The summed E-state index contributed by atoms with van der Waals surface area (Å²) in [5.74, 6) is 1.74. The standard InChI is InChI=1S/C20H17ClN4O3/c21-15-4-2-1-3-14(15)11-23-20(26)16-6-8-19(25-24-16)22-10-13-5-7-17-18(9-13)28-12-27-17/h1-9H,10-12H2,(H,22,25)(H,23,26). The van der Waals surface area contributed by atoms with Crippen molar-refractivity contribution in [3.8, 4) is 11.5 Å². The van der Waals surface area contributed by atoms with Crippen LogP contribution in [0.4, 0.5) is 5.82 Å². The molecule has 7 nitrogen and oxygen atoms in total. The molecule has 0 fully saturated rings. The fourth-order valence-corrected chi connectivity index (χ4v) is 2.90. The van der Waals surface area contributed by atoms with Crippen LogP contribution in [-0.4, -0.2) is 22.9 Å². The van der Waals surface area contributed by atoms with Crippen molar-refractivity contribution in [2.24, 2.45) is 0 Å². The monoisotopic (exact) mass is 396 g/mol. The molecule has 3 aromatic rings. The molecule has 4 rings (SSSR count). The molecule has 1 aliphatic heterocycles. The van der Waals surface area contributed by atoms with Crippen molar-refractivity contribution in [3.63, 3.8) is 0 Å². The Morgan fingerprint density at radius 2 is 1.86 bits per heavy atom. The molecule has 0 aliphatic carbocycles. The quantitative estimate of drug-likeness (QED) is 0.664. The molecule has 142 valence electrons. The lowest BCUT2D eigenvalue weighted by Crippen LogP contribution is -2.24. The lowest BCUT2D eigenvalue weighted by molar-refractivity contribution is 0.0945. The van der Waals surface area contributed by atoms with E-state index < -0.39 is 0 Å². The average Bonchev–Trinajstić information content (AvgIpc) is 3.20. The molecule has 0 spiro atoms. The van der Waals surface area contributed by atoms with E-state index in [2.05, 4.69) is 20.8 Å². The summed E-state index contributed by atoms with van der Waals surface area (Å²) in [7, 11) is 0. The fraction of sp³-hybridized carbons (Fsp3) is 0.150. The summed E-state index contributed by atoms with van der Waals surface area (Å²) < 4.78 is 10.7. The number of amides is 1. The Labute approximate surface area is 166 Å². The number of halogens is 1. The van der Waals surface area contributed by atoms with Gasteiger partial charge in [0.15, 0.2) is 17.2 Å². The summed E-state index contributed by atoms with van der Waals surface area (Å²) >= 11 is 6.09. The SMILES string of the molecule is O=C(NCc1ccccc1Cl)c1ccc(NCc2ccc3c(c2)OCO3)nn1. The zero-order chi connectivity index (χ0) is 19.3. The van der Waals surface area contributed by atoms with Gasteiger partial charge in [-0.05, 0) is 41.5 Å². The lowest BCUT2D eigenvalue weighted by Gasteiger charge is -2.08. The second-order valence-electron chi connectivity index (χ2n) is 6.12. The molecule has 1 amide bonds. The van der Waals surface area contributed by atoms with E-state index >= 15 is 0 Å². The van der Waals surface area contributed by atoms with Gasteiger partial charge in [-0.1, -0.05) is 35.9 Å². The van der Waals surface area contributed by atoms with Gasteiger partial charge < -0.3 is 20.1 Å². The Hall–Kier alpha value is -3.32. The number of ether oxygens (including phenoxy) is 2. The summed E-state index contributed by atoms with van der Waals surface area (Å²) in [6.45, 7) is 1.12. The molecule has 0 saturated heterocycles. The molecule has 0 radical (unpaired) electrons. The van der Waals surface area contributed by atoms with E-state index in [-0.39, 0.29) is 18.4 Å². The Morgan fingerprint density at radius 3 is 2.68 bits per heavy atom. The molecule has 0 bridgehead atoms. The number of anilines is 1. The highest BCUT2D eigenvalue weighted by molar-refractivity contribution is 6.31. The van der Waals surface area contributed by atoms with E-state index in [4.69, 9.17) is 21.1 Å². The number of hydrogen-bond acceptors (Lipinski definition) is 6. The Morgan fingerprint density at radius 1 is 1.00 bits per heavy atom. The predicted octanol–water partition coefficient (Wildman–Crippen LogP) is 3.40. The Balaban J connectivity index is 1.32.